The predicted octanol–water partition coefficient (Wildman–Crippen LogP) is 3.26. The van der Waals surface area contributed by atoms with Gasteiger partial charge in [0.25, 0.3) is 0 Å². The average molecular weight is 388 g/mol. The number of thiazole rings is 1. The molecule has 2 rings (SSSR count). The van der Waals surface area contributed by atoms with Crippen LogP contribution < -0.4 is 16.0 Å². The first-order chi connectivity index (χ1) is 12.6. The van der Waals surface area contributed by atoms with Crippen LogP contribution in [0.25, 0.3) is 11.3 Å². The van der Waals surface area contributed by atoms with E-state index in [0.29, 0.717) is 10.8 Å². The summed E-state index contributed by atoms with van der Waals surface area (Å²) in [6, 6.07) is 7.31. The number of hydrogen-bond donors (Lipinski definition) is 3. The van der Waals surface area contributed by atoms with Gasteiger partial charge in [-0.1, -0.05) is 32.9 Å². The standard InChI is InChI=1S/C19H24N4O3S/c1-12(24)21-14-7-5-13(6-8-14)15-11-27-18(22-15)23-16(25)9-10-20-17(26)19(2,3)4/h5-8,11H,9-10H2,1-4H3,(H,20,26)(H,21,24)(H,22,23,25). The molecule has 144 valence electrons. The number of aromatic nitrogens is 1. The van der Waals surface area contributed by atoms with Crippen molar-refractivity contribution in [3.63, 3.8) is 0 Å². The minimum Gasteiger partial charge on any atom is -0.355 e. The molecule has 2 aromatic rings. The molecule has 1 heterocycles. The van der Waals surface area contributed by atoms with E-state index in [2.05, 4.69) is 20.9 Å². The highest BCUT2D eigenvalue weighted by Crippen LogP contribution is 2.26. The highest BCUT2D eigenvalue weighted by molar-refractivity contribution is 7.14. The van der Waals surface area contributed by atoms with Crippen LogP contribution in [0.3, 0.4) is 0 Å². The summed E-state index contributed by atoms with van der Waals surface area (Å²) in [5, 5.41) is 10.5. The van der Waals surface area contributed by atoms with Crippen LogP contribution in [0.1, 0.15) is 34.1 Å². The number of nitrogens with one attached hydrogen (secondary N) is 3. The van der Waals surface area contributed by atoms with Gasteiger partial charge in [-0.2, -0.15) is 0 Å². The summed E-state index contributed by atoms with van der Waals surface area (Å²) >= 11 is 1.33. The smallest absolute Gasteiger partial charge is 0.227 e. The van der Waals surface area contributed by atoms with Crippen molar-refractivity contribution in [3.05, 3.63) is 29.6 Å². The summed E-state index contributed by atoms with van der Waals surface area (Å²) < 4.78 is 0. The number of rotatable bonds is 6. The van der Waals surface area contributed by atoms with Crippen molar-refractivity contribution < 1.29 is 14.4 Å². The molecule has 27 heavy (non-hydrogen) atoms. The third-order valence-electron chi connectivity index (χ3n) is 3.57. The highest BCUT2D eigenvalue weighted by Gasteiger charge is 2.20. The molecule has 1 aromatic carbocycles. The van der Waals surface area contributed by atoms with Gasteiger partial charge in [0, 0.05) is 41.9 Å². The minimum atomic E-state index is -0.476. The molecule has 0 fully saturated rings. The zero-order valence-corrected chi connectivity index (χ0v) is 16.7. The molecule has 0 saturated heterocycles. The lowest BCUT2D eigenvalue weighted by Gasteiger charge is -2.17. The molecule has 0 bridgehead atoms. The first kappa shape index (κ1) is 20.6. The first-order valence-electron chi connectivity index (χ1n) is 8.57. The van der Waals surface area contributed by atoms with Crippen LogP contribution in [0, 0.1) is 5.41 Å². The lowest BCUT2D eigenvalue weighted by Crippen LogP contribution is -2.36. The van der Waals surface area contributed by atoms with Crippen LogP contribution in [0.15, 0.2) is 29.6 Å². The van der Waals surface area contributed by atoms with Crippen molar-refractivity contribution in [1.82, 2.24) is 10.3 Å². The average Bonchev–Trinajstić information content (AvgIpc) is 3.02. The van der Waals surface area contributed by atoms with E-state index < -0.39 is 5.41 Å². The number of nitrogens with zero attached hydrogens (tertiary/aromatic N) is 1. The zero-order valence-electron chi connectivity index (χ0n) is 15.9. The van der Waals surface area contributed by atoms with E-state index in [0.717, 1.165) is 11.3 Å². The van der Waals surface area contributed by atoms with E-state index in [1.54, 1.807) is 12.1 Å². The fourth-order valence-corrected chi connectivity index (χ4v) is 2.86. The van der Waals surface area contributed by atoms with Crippen LogP contribution in [-0.2, 0) is 14.4 Å². The summed E-state index contributed by atoms with van der Waals surface area (Å²) in [4.78, 5) is 39.2. The Bertz CT molecular complexity index is 822. The number of carbonyl (C=O) groups excluding carboxylic acids is 3. The first-order valence-corrected chi connectivity index (χ1v) is 9.45. The van der Waals surface area contributed by atoms with Crippen LogP contribution in [0.2, 0.25) is 0 Å². The van der Waals surface area contributed by atoms with Crippen molar-refractivity contribution in [2.24, 2.45) is 5.41 Å². The Morgan fingerprint density at radius 1 is 1.07 bits per heavy atom. The summed E-state index contributed by atoms with van der Waals surface area (Å²) in [5.41, 5.74) is 1.87. The Morgan fingerprint density at radius 2 is 1.74 bits per heavy atom. The Morgan fingerprint density at radius 3 is 2.33 bits per heavy atom. The van der Waals surface area contributed by atoms with E-state index in [-0.39, 0.29) is 30.7 Å². The molecule has 3 amide bonds. The van der Waals surface area contributed by atoms with Gasteiger partial charge in [-0.05, 0) is 12.1 Å². The lowest BCUT2D eigenvalue weighted by molar-refractivity contribution is -0.128. The Labute approximate surface area is 162 Å². The Kier molecular flexibility index (Phi) is 6.68. The largest absolute Gasteiger partial charge is 0.355 e. The monoisotopic (exact) mass is 388 g/mol. The van der Waals surface area contributed by atoms with E-state index in [9.17, 15) is 14.4 Å². The number of anilines is 2. The number of carbonyl (C=O) groups is 3. The predicted molar refractivity (Wildman–Crippen MR) is 108 cm³/mol. The zero-order chi connectivity index (χ0) is 20.0. The summed E-state index contributed by atoms with van der Waals surface area (Å²) in [7, 11) is 0. The summed E-state index contributed by atoms with van der Waals surface area (Å²) in [5.74, 6) is -0.416. The van der Waals surface area contributed by atoms with E-state index in [1.165, 1.54) is 18.3 Å². The molecule has 0 radical (unpaired) electrons. The molecule has 0 saturated carbocycles. The van der Waals surface area contributed by atoms with Crippen molar-refractivity contribution in [2.45, 2.75) is 34.1 Å². The third-order valence-corrected chi connectivity index (χ3v) is 4.33. The van der Waals surface area contributed by atoms with Crippen molar-refractivity contribution >= 4 is 39.9 Å². The van der Waals surface area contributed by atoms with Gasteiger partial charge >= 0.3 is 0 Å². The molecule has 1 aromatic heterocycles. The Balaban J connectivity index is 1.87. The van der Waals surface area contributed by atoms with Crippen molar-refractivity contribution in [2.75, 3.05) is 17.2 Å². The maximum atomic E-state index is 12.0. The van der Waals surface area contributed by atoms with Gasteiger partial charge in [0.15, 0.2) is 5.13 Å². The fourth-order valence-electron chi connectivity index (χ4n) is 2.13. The molecular formula is C19H24N4O3S. The molecule has 0 atom stereocenters. The molecule has 8 heteroatoms. The van der Waals surface area contributed by atoms with Crippen LogP contribution in [0.4, 0.5) is 10.8 Å². The summed E-state index contributed by atoms with van der Waals surface area (Å²) in [6.07, 6.45) is 0.183. The molecular weight excluding hydrogens is 364 g/mol. The quantitative estimate of drug-likeness (QED) is 0.707. The number of benzene rings is 1. The van der Waals surface area contributed by atoms with Crippen molar-refractivity contribution in [1.29, 1.82) is 0 Å². The van der Waals surface area contributed by atoms with Gasteiger partial charge in [-0.15, -0.1) is 11.3 Å². The second-order valence-corrected chi connectivity index (χ2v) is 7.96. The second kappa shape index (κ2) is 8.77. The van der Waals surface area contributed by atoms with E-state index >= 15 is 0 Å². The second-order valence-electron chi connectivity index (χ2n) is 7.10. The van der Waals surface area contributed by atoms with Crippen LogP contribution in [-0.4, -0.2) is 29.3 Å². The third kappa shape index (κ3) is 6.49. The van der Waals surface area contributed by atoms with Crippen LogP contribution in [0.5, 0.6) is 0 Å². The van der Waals surface area contributed by atoms with Gasteiger partial charge < -0.3 is 16.0 Å². The summed E-state index contributed by atoms with van der Waals surface area (Å²) in [6.45, 7) is 7.20. The molecule has 0 unspecified atom stereocenters. The van der Waals surface area contributed by atoms with Gasteiger partial charge in [0.2, 0.25) is 17.7 Å². The fraction of sp³-hybridized carbons (Fsp3) is 0.368. The van der Waals surface area contributed by atoms with Crippen molar-refractivity contribution in [3.8, 4) is 11.3 Å². The maximum absolute atomic E-state index is 12.0. The number of amides is 3. The molecule has 7 nitrogen and oxygen atoms in total. The van der Waals surface area contributed by atoms with Gasteiger partial charge in [-0.3, -0.25) is 14.4 Å². The van der Waals surface area contributed by atoms with Crippen LogP contribution >= 0.6 is 11.3 Å². The van der Waals surface area contributed by atoms with Gasteiger partial charge in [-0.25, -0.2) is 4.98 Å². The molecule has 0 aliphatic rings. The molecule has 0 aliphatic heterocycles. The Hall–Kier alpha value is -2.74. The maximum Gasteiger partial charge on any atom is 0.227 e. The lowest BCUT2D eigenvalue weighted by atomic mass is 9.96. The SMILES string of the molecule is CC(=O)Nc1ccc(-c2csc(NC(=O)CCNC(=O)C(C)(C)C)n2)cc1. The topological polar surface area (TPSA) is 100 Å². The van der Waals surface area contributed by atoms with E-state index in [1.807, 2.05) is 38.3 Å². The van der Waals surface area contributed by atoms with Gasteiger partial charge in [0.1, 0.15) is 0 Å². The number of hydrogen-bond acceptors (Lipinski definition) is 5. The minimum absolute atomic E-state index is 0.0884. The normalized spacial score (nSPS) is 11.0. The molecule has 0 spiro atoms. The van der Waals surface area contributed by atoms with E-state index in [4.69, 9.17) is 0 Å². The molecule has 0 aliphatic carbocycles. The van der Waals surface area contributed by atoms with Gasteiger partial charge in [0.05, 0.1) is 5.69 Å². The molecule has 3 N–H and O–H groups in total. The highest BCUT2D eigenvalue weighted by atomic mass is 32.1.